The second-order valence-corrected chi connectivity index (χ2v) is 7.45. The normalized spacial score (nSPS) is 27.6. The lowest BCUT2D eigenvalue weighted by atomic mass is 9.69. The summed E-state index contributed by atoms with van der Waals surface area (Å²) in [7, 11) is 0. The van der Waals surface area contributed by atoms with Gasteiger partial charge in [0.1, 0.15) is 6.04 Å². The Labute approximate surface area is 157 Å². The largest absolute Gasteiger partial charge is 0.464 e. The lowest BCUT2D eigenvalue weighted by molar-refractivity contribution is -0.148. The Kier molecular flexibility index (Phi) is 6.97. The minimum absolute atomic E-state index is 0.160. The number of ether oxygens (including phenoxy) is 2. The number of nitrogens with one attached hydrogen (secondary N) is 2. The van der Waals surface area contributed by atoms with Crippen molar-refractivity contribution in [3.05, 3.63) is 5.82 Å². The minimum atomic E-state index is -0.812. The van der Waals surface area contributed by atoms with Gasteiger partial charge in [-0.2, -0.15) is 5.21 Å². The van der Waals surface area contributed by atoms with Crippen LogP contribution >= 0.6 is 0 Å². The monoisotopic (exact) mass is 380 g/mol. The maximum atomic E-state index is 12.3. The van der Waals surface area contributed by atoms with Crippen LogP contribution in [-0.4, -0.2) is 58.5 Å². The lowest BCUT2D eigenvalue weighted by Gasteiger charge is -2.42. The number of primary amides is 1. The number of fused-ring (bicyclic) bond motifs is 1. The topological polar surface area (TPSA) is 145 Å². The third-order valence-electron chi connectivity index (χ3n) is 5.64. The molecule has 10 heteroatoms. The number of esters is 1. The van der Waals surface area contributed by atoms with Crippen LogP contribution in [0.1, 0.15) is 44.3 Å². The zero-order chi connectivity index (χ0) is 19.1. The maximum Gasteiger partial charge on any atom is 0.404 e. The van der Waals surface area contributed by atoms with E-state index in [1.807, 2.05) is 0 Å². The number of piperidine rings is 1. The van der Waals surface area contributed by atoms with Gasteiger partial charge in [-0.1, -0.05) is 11.6 Å². The van der Waals surface area contributed by atoms with Gasteiger partial charge >= 0.3 is 12.1 Å². The molecule has 1 saturated heterocycles. The Morgan fingerprint density at radius 3 is 2.78 bits per heavy atom. The summed E-state index contributed by atoms with van der Waals surface area (Å²) >= 11 is 0. The summed E-state index contributed by atoms with van der Waals surface area (Å²) in [6, 6.07) is -0.251. The van der Waals surface area contributed by atoms with Gasteiger partial charge in [0.15, 0.2) is 5.82 Å². The molecule has 1 aromatic rings. The van der Waals surface area contributed by atoms with Crippen LogP contribution in [0.15, 0.2) is 0 Å². The van der Waals surface area contributed by atoms with Gasteiger partial charge in [-0.15, -0.1) is 10.2 Å². The van der Waals surface area contributed by atoms with Crippen LogP contribution in [0.2, 0.25) is 0 Å². The predicted molar refractivity (Wildman–Crippen MR) is 94.3 cm³/mol. The Bertz CT molecular complexity index is 611. The Morgan fingerprint density at radius 2 is 2.00 bits per heavy atom. The number of tetrazole rings is 1. The molecule has 2 aliphatic rings. The first-order valence-corrected chi connectivity index (χ1v) is 9.66. The molecule has 0 spiro atoms. The molecule has 0 radical (unpaired) electrons. The highest BCUT2D eigenvalue weighted by atomic mass is 16.6. The number of amides is 1. The molecule has 10 nitrogen and oxygen atoms in total. The molecule has 1 aliphatic heterocycles. The molecule has 4 atom stereocenters. The maximum absolute atomic E-state index is 12.3. The molecule has 1 aromatic heterocycles. The molecule has 0 aromatic carbocycles. The van der Waals surface area contributed by atoms with Gasteiger partial charge in [-0.3, -0.25) is 4.79 Å². The first kappa shape index (κ1) is 19.5. The van der Waals surface area contributed by atoms with Crippen molar-refractivity contribution in [2.45, 2.75) is 51.0 Å². The highest BCUT2D eigenvalue weighted by Gasteiger charge is 2.38. The van der Waals surface area contributed by atoms with E-state index in [9.17, 15) is 9.59 Å². The number of H-pyrrole nitrogens is 1. The van der Waals surface area contributed by atoms with E-state index in [0.717, 1.165) is 38.1 Å². The van der Waals surface area contributed by atoms with Gasteiger partial charge in [0.05, 0.1) is 13.2 Å². The van der Waals surface area contributed by atoms with Crippen LogP contribution in [0.3, 0.4) is 0 Å². The molecule has 0 unspecified atom stereocenters. The van der Waals surface area contributed by atoms with Gasteiger partial charge in [0.25, 0.3) is 0 Å². The smallest absolute Gasteiger partial charge is 0.404 e. The summed E-state index contributed by atoms with van der Waals surface area (Å²) in [5, 5.41) is 17.5. The third kappa shape index (κ3) is 5.88. The number of aryl methyl sites for hydroxylation is 1. The number of aromatic nitrogens is 4. The average Bonchev–Trinajstić information content (AvgIpc) is 3.18. The van der Waals surface area contributed by atoms with Gasteiger partial charge < -0.3 is 20.5 Å². The molecule has 1 aliphatic carbocycles. The van der Waals surface area contributed by atoms with E-state index < -0.39 is 6.09 Å². The van der Waals surface area contributed by atoms with E-state index in [4.69, 9.17) is 10.5 Å². The number of aromatic amines is 1. The van der Waals surface area contributed by atoms with Crippen LogP contribution in [0.4, 0.5) is 4.79 Å². The van der Waals surface area contributed by atoms with E-state index in [1.54, 1.807) is 0 Å². The molecule has 4 N–H and O–H groups in total. The van der Waals surface area contributed by atoms with Crippen molar-refractivity contribution in [2.24, 2.45) is 23.5 Å². The van der Waals surface area contributed by atoms with Crippen molar-refractivity contribution in [2.75, 3.05) is 19.8 Å². The number of rotatable bonds is 8. The highest BCUT2D eigenvalue weighted by molar-refractivity contribution is 5.76. The number of nitrogens with zero attached hydrogens (tertiary/aromatic N) is 3. The molecular weight excluding hydrogens is 352 g/mol. The van der Waals surface area contributed by atoms with Crippen molar-refractivity contribution in [1.29, 1.82) is 0 Å². The Morgan fingerprint density at radius 1 is 1.15 bits per heavy atom. The zero-order valence-corrected chi connectivity index (χ0v) is 15.4. The number of hydrogen-bond acceptors (Lipinski definition) is 8. The van der Waals surface area contributed by atoms with Gasteiger partial charge in [0, 0.05) is 12.8 Å². The van der Waals surface area contributed by atoms with Gasteiger partial charge in [-0.25, -0.2) is 4.79 Å². The first-order chi connectivity index (χ1) is 13.1. The lowest BCUT2D eigenvalue weighted by Crippen LogP contribution is -2.50. The second kappa shape index (κ2) is 9.63. The van der Waals surface area contributed by atoms with Crippen molar-refractivity contribution in [3.63, 3.8) is 0 Å². The number of carbonyl (C=O) groups excluding carboxylic acids is 2. The summed E-state index contributed by atoms with van der Waals surface area (Å²) in [6.07, 6.45) is 5.91. The van der Waals surface area contributed by atoms with Gasteiger partial charge in [0.2, 0.25) is 0 Å². The molecule has 1 amide bonds. The molecule has 2 heterocycles. The van der Waals surface area contributed by atoms with Gasteiger partial charge in [-0.05, 0) is 50.0 Å². The fourth-order valence-corrected chi connectivity index (χ4v) is 4.23. The van der Waals surface area contributed by atoms with E-state index in [0.29, 0.717) is 24.2 Å². The van der Waals surface area contributed by atoms with E-state index in [1.165, 1.54) is 12.8 Å². The summed E-state index contributed by atoms with van der Waals surface area (Å²) < 4.78 is 9.92. The Hall–Kier alpha value is -2.23. The highest BCUT2D eigenvalue weighted by Crippen LogP contribution is 2.40. The Balaban J connectivity index is 1.38. The summed E-state index contributed by atoms with van der Waals surface area (Å²) in [5.41, 5.74) is 4.88. The van der Waals surface area contributed by atoms with Crippen molar-refractivity contribution in [3.8, 4) is 0 Å². The summed E-state index contributed by atoms with van der Waals surface area (Å²) in [4.78, 5) is 22.8. The summed E-state index contributed by atoms with van der Waals surface area (Å²) in [6.45, 7) is 1.26. The van der Waals surface area contributed by atoms with Crippen molar-refractivity contribution in [1.82, 2.24) is 25.9 Å². The van der Waals surface area contributed by atoms with Crippen LogP contribution in [0, 0.1) is 17.8 Å². The first-order valence-electron chi connectivity index (χ1n) is 9.66. The quantitative estimate of drug-likeness (QED) is 0.438. The fraction of sp³-hybridized carbons (Fsp3) is 0.824. The van der Waals surface area contributed by atoms with E-state index in [2.05, 4.69) is 30.7 Å². The second-order valence-electron chi connectivity index (χ2n) is 7.45. The SMILES string of the molecule is NC(=O)OCCCOC(=O)[C@@H]1C[C@H]2C[C@@H](CCc3nn[nH]n3)CC[C@H]2CN1. The standard InChI is InChI=1S/C17H28N6O4/c18-17(25)27-7-1-6-26-16(24)14-9-13-8-11(2-4-12(13)10-19-14)3-5-15-20-22-23-21-15/h11-14,19H,1-10H2,(H2,18,25)(H,20,21,22,23)/t11-,12+,13-,14+/m1/s1. The number of hydrogen-bond donors (Lipinski definition) is 3. The average molecular weight is 380 g/mol. The van der Waals surface area contributed by atoms with E-state index >= 15 is 0 Å². The molecule has 0 bridgehead atoms. The minimum Gasteiger partial charge on any atom is -0.464 e. The summed E-state index contributed by atoms with van der Waals surface area (Å²) in [5.74, 6) is 2.38. The molecule has 1 saturated carbocycles. The number of nitrogens with two attached hydrogens (primary N) is 1. The molecule has 27 heavy (non-hydrogen) atoms. The molecule has 150 valence electrons. The predicted octanol–water partition coefficient (Wildman–Crippen LogP) is 0.555. The number of carbonyl (C=O) groups is 2. The zero-order valence-electron chi connectivity index (χ0n) is 15.4. The van der Waals surface area contributed by atoms with Crippen molar-refractivity contribution >= 4 is 12.1 Å². The van der Waals surface area contributed by atoms with E-state index in [-0.39, 0.29) is 25.2 Å². The van der Waals surface area contributed by atoms with Crippen LogP contribution in [0.5, 0.6) is 0 Å². The van der Waals surface area contributed by atoms with Crippen LogP contribution < -0.4 is 11.1 Å². The molecule has 3 rings (SSSR count). The van der Waals surface area contributed by atoms with Crippen molar-refractivity contribution < 1.29 is 19.1 Å². The third-order valence-corrected chi connectivity index (χ3v) is 5.64. The molecular formula is C17H28N6O4. The fourth-order valence-electron chi connectivity index (χ4n) is 4.23. The molecule has 2 fully saturated rings. The van der Waals surface area contributed by atoms with Crippen LogP contribution in [0.25, 0.3) is 0 Å². The van der Waals surface area contributed by atoms with Crippen LogP contribution in [-0.2, 0) is 20.7 Å².